The first-order valence-electron chi connectivity index (χ1n) is 8.82. The third-order valence-electron chi connectivity index (χ3n) is 5.62. The minimum Gasteiger partial charge on any atom is -0.345 e. The highest BCUT2D eigenvalue weighted by molar-refractivity contribution is 5.84. The molecular formula is C19H27N3O2. The van der Waals surface area contributed by atoms with Crippen molar-refractivity contribution >= 4 is 11.8 Å². The van der Waals surface area contributed by atoms with E-state index in [4.69, 9.17) is 5.73 Å². The summed E-state index contributed by atoms with van der Waals surface area (Å²) in [5, 5.41) is 0. The van der Waals surface area contributed by atoms with Gasteiger partial charge in [-0.15, -0.1) is 0 Å². The van der Waals surface area contributed by atoms with E-state index in [1.807, 2.05) is 35.0 Å². The molecule has 2 heterocycles. The van der Waals surface area contributed by atoms with E-state index in [2.05, 4.69) is 12.1 Å². The van der Waals surface area contributed by atoms with Crippen LogP contribution >= 0.6 is 0 Å². The molecule has 2 fully saturated rings. The summed E-state index contributed by atoms with van der Waals surface area (Å²) in [6, 6.07) is 10.1. The van der Waals surface area contributed by atoms with Gasteiger partial charge >= 0.3 is 0 Å². The number of piperidine rings is 2. The molecule has 0 radical (unpaired) electrons. The molecule has 5 nitrogen and oxygen atoms in total. The first-order chi connectivity index (χ1) is 11.5. The van der Waals surface area contributed by atoms with Crippen molar-refractivity contribution in [2.24, 2.45) is 11.1 Å². The van der Waals surface area contributed by atoms with Crippen molar-refractivity contribution in [1.29, 1.82) is 0 Å². The summed E-state index contributed by atoms with van der Waals surface area (Å²) in [5.74, 6) is 0.317. The van der Waals surface area contributed by atoms with Gasteiger partial charge in [-0.05, 0) is 30.2 Å². The van der Waals surface area contributed by atoms with Crippen LogP contribution in [0.1, 0.15) is 37.2 Å². The Morgan fingerprint density at radius 2 is 1.92 bits per heavy atom. The van der Waals surface area contributed by atoms with E-state index in [0.717, 1.165) is 44.5 Å². The fraction of sp³-hybridized carbons (Fsp3) is 0.579. The molecule has 1 atom stereocenters. The highest BCUT2D eigenvalue weighted by atomic mass is 16.2. The van der Waals surface area contributed by atoms with Crippen LogP contribution in [0.15, 0.2) is 30.3 Å². The number of nitrogens with two attached hydrogens (primary N) is 1. The fourth-order valence-electron chi connectivity index (χ4n) is 4.25. The molecule has 0 unspecified atom stereocenters. The van der Waals surface area contributed by atoms with E-state index in [1.54, 1.807) is 0 Å². The first kappa shape index (κ1) is 17.0. The highest BCUT2D eigenvalue weighted by Gasteiger charge is 2.45. The number of hydrogen-bond donors (Lipinski definition) is 1. The van der Waals surface area contributed by atoms with Crippen LogP contribution in [0, 0.1) is 5.41 Å². The zero-order valence-corrected chi connectivity index (χ0v) is 14.4. The lowest BCUT2D eigenvalue weighted by Gasteiger charge is -2.49. The van der Waals surface area contributed by atoms with Gasteiger partial charge in [0.15, 0.2) is 0 Å². The topological polar surface area (TPSA) is 66.6 Å². The summed E-state index contributed by atoms with van der Waals surface area (Å²) in [6.07, 6.45) is 3.24. The fourth-order valence-corrected chi connectivity index (χ4v) is 4.25. The van der Waals surface area contributed by atoms with Crippen LogP contribution in [0.4, 0.5) is 0 Å². The summed E-state index contributed by atoms with van der Waals surface area (Å²) < 4.78 is 0. The predicted octanol–water partition coefficient (Wildman–Crippen LogP) is 1.59. The summed E-state index contributed by atoms with van der Waals surface area (Å²) in [6.45, 7) is 2.77. The van der Waals surface area contributed by atoms with Gasteiger partial charge in [0.25, 0.3) is 0 Å². The summed E-state index contributed by atoms with van der Waals surface area (Å²) in [4.78, 5) is 28.5. The standard InChI is InChI=1S/C19H27N3O2/c1-21-14-19(8-11-22(12-9-19)17(23)7-10-20)13-16(18(21)24)15-5-3-2-4-6-15/h2-6,16H,7-14,20H2,1H3/t16-/m0/s1. The van der Waals surface area contributed by atoms with Crippen LogP contribution in [0.25, 0.3) is 0 Å². The first-order valence-corrected chi connectivity index (χ1v) is 8.82. The molecule has 2 saturated heterocycles. The number of likely N-dealkylation sites (tertiary alicyclic amines) is 2. The van der Waals surface area contributed by atoms with Crippen molar-refractivity contribution in [1.82, 2.24) is 9.80 Å². The Morgan fingerprint density at radius 3 is 2.54 bits per heavy atom. The number of hydrogen-bond acceptors (Lipinski definition) is 3. The maximum atomic E-state index is 12.7. The van der Waals surface area contributed by atoms with Crippen molar-refractivity contribution < 1.29 is 9.59 Å². The molecule has 2 amide bonds. The number of carbonyl (C=O) groups is 2. The van der Waals surface area contributed by atoms with E-state index in [-0.39, 0.29) is 23.1 Å². The molecule has 24 heavy (non-hydrogen) atoms. The summed E-state index contributed by atoms with van der Waals surface area (Å²) in [7, 11) is 1.91. The number of likely N-dealkylation sites (N-methyl/N-ethyl adjacent to an activating group) is 1. The van der Waals surface area contributed by atoms with Gasteiger partial charge < -0.3 is 15.5 Å². The molecule has 0 bridgehead atoms. The number of amides is 2. The number of nitrogens with zero attached hydrogens (tertiary/aromatic N) is 2. The number of rotatable bonds is 3. The van der Waals surface area contributed by atoms with E-state index >= 15 is 0 Å². The van der Waals surface area contributed by atoms with Gasteiger partial charge in [0.1, 0.15) is 0 Å². The molecular weight excluding hydrogens is 302 g/mol. The van der Waals surface area contributed by atoms with Gasteiger partial charge in [0, 0.05) is 39.6 Å². The van der Waals surface area contributed by atoms with Crippen molar-refractivity contribution in [3.8, 4) is 0 Å². The average molecular weight is 329 g/mol. The second-order valence-corrected chi connectivity index (χ2v) is 7.28. The molecule has 2 N–H and O–H groups in total. The van der Waals surface area contributed by atoms with Crippen LogP contribution in [0.3, 0.4) is 0 Å². The van der Waals surface area contributed by atoms with Gasteiger partial charge in [0.05, 0.1) is 5.92 Å². The summed E-state index contributed by atoms with van der Waals surface area (Å²) >= 11 is 0. The lowest BCUT2D eigenvalue weighted by atomic mass is 9.67. The molecule has 1 spiro atoms. The molecule has 2 aliphatic rings. The van der Waals surface area contributed by atoms with Crippen LogP contribution in [0.2, 0.25) is 0 Å². The van der Waals surface area contributed by atoms with Gasteiger partial charge in [-0.25, -0.2) is 0 Å². The Labute approximate surface area is 143 Å². The van der Waals surface area contributed by atoms with Crippen LogP contribution in [0.5, 0.6) is 0 Å². The zero-order valence-electron chi connectivity index (χ0n) is 14.4. The van der Waals surface area contributed by atoms with Crippen molar-refractivity contribution in [3.05, 3.63) is 35.9 Å². The zero-order chi connectivity index (χ0) is 17.2. The van der Waals surface area contributed by atoms with Gasteiger partial charge in [0.2, 0.25) is 11.8 Å². The van der Waals surface area contributed by atoms with E-state index in [0.29, 0.717) is 13.0 Å². The maximum absolute atomic E-state index is 12.7. The monoisotopic (exact) mass is 329 g/mol. The molecule has 2 aliphatic heterocycles. The van der Waals surface area contributed by atoms with E-state index < -0.39 is 0 Å². The summed E-state index contributed by atoms with van der Waals surface area (Å²) in [5.41, 5.74) is 6.73. The largest absolute Gasteiger partial charge is 0.345 e. The Kier molecular flexibility index (Phi) is 4.90. The van der Waals surface area contributed by atoms with Crippen LogP contribution in [-0.2, 0) is 9.59 Å². The molecule has 0 aliphatic carbocycles. The Morgan fingerprint density at radius 1 is 1.25 bits per heavy atom. The lowest BCUT2D eigenvalue weighted by molar-refractivity contribution is -0.143. The SMILES string of the molecule is CN1CC2(CCN(C(=O)CCN)CC2)C[C@@H](c2ccccc2)C1=O. The van der Waals surface area contributed by atoms with Crippen molar-refractivity contribution in [2.45, 2.75) is 31.6 Å². The van der Waals surface area contributed by atoms with Gasteiger partial charge in [-0.1, -0.05) is 30.3 Å². The minimum atomic E-state index is -0.0590. The maximum Gasteiger partial charge on any atom is 0.229 e. The normalized spacial score (nSPS) is 23.6. The van der Waals surface area contributed by atoms with Crippen LogP contribution < -0.4 is 5.73 Å². The molecule has 1 aromatic carbocycles. The Hall–Kier alpha value is -1.88. The third kappa shape index (κ3) is 3.31. The molecule has 5 heteroatoms. The van der Waals surface area contributed by atoms with Gasteiger partial charge in [-0.3, -0.25) is 9.59 Å². The van der Waals surface area contributed by atoms with Gasteiger partial charge in [-0.2, -0.15) is 0 Å². The average Bonchev–Trinajstić information content (AvgIpc) is 2.60. The van der Waals surface area contributed by atoms with Crippen molar-refractivity contribution in [2.75, 3.05) is 33.2 Å². The second-order valence-electron chi connectivity index (χ2n) is 7.28. The smallest absolute Gasteiger partial charge is 0.229 e. The van der Waals surface area contributed by atoms with Crippen molar-refractivity contribution in [3.63, 3.8) is 0 Å². The minimum absolute atomic E-state index is 0.0590. The number of benzene rings is 1. The molecule has 130 valence electrons. The lowest BCUT2D eigenvalue weighted by Crippen LogP contribution is -2.53. The Bertz CT molecular complexity index is 594. The van der Waals surface area contributed by atoms with E-state index in [1.165, 1.54) is 0 Å². The molecule has 3 rings (SSSR count). The second kappa shape index (κ2) is 6.93. The highest BCUT2D eigenvalue weighted by Crippen LogP contribution is 2.45. The van der Waals surface area contributed by atoms with E-state index in [9.17, 15) is 9.59 Å². The van der Waals surface area contributed by atoms with Crippen LogP contribution in [-0.4, -0.2) is 54.8 Å². The third-order valence-corrected chi connectivity index (χ3v) is 5.62. The quantitative estimate of drug-likeness (QED) is 0.916. The number of carbonyl (C=O) groups excluding carboxylic acids is 2. The Balaban J connectivity index is 1.73. The molecule has 1 aromatic rings. The molecule has 0 saturated carbocycles. The predicted molar refractivity (Wildman–Crippen MR) is 93.4 cm³/mol. The molecule has 0 aromatic heterocycles.